The van der Waals surface area contributed by atoms with Crippen molar-refractivity contribution in [1.29, 1.82) is 0 Å². The first-order valence-electron chi connectivity index (χ1n) is 8.64. The number of furan rings is 1. The monoisotopic (exact) mass is 345 g/mol. The van der Waals surface area contributed by atoms with Crippen molar-refractivity contribution in [2.75, 3.05) is 19.8 Å². The molecule has 2 heterocycles. The quantitative estimate of drug-likeness (QED) is 0.843. The van der Waals surface area contributed by atoms with Crippen LogP contribution in [-0.4, -0.2) is 37.7 Å². The van der Waals surface area contributed by atoms with E-state index in [0.29, 0.717) is 18.8 Å². The van der Waals surface area contributed by atoms with Crippen molar-refractivity contribution in [3.63, 3.8) is 0 Å². The number of esters is 1. The minimum absolute atomic E-state index is 0.0941. The van der Waals surface area contributed by atoms with Gasteiger partial charge in [0.1, 0.15) is 11.6 Å². The summed E-state index contributed by atoms with van der Waals surface area (Å²) in [6.45, 7) is 5.11. The van der Waals surface area contributed by atoms with E-state index < -0.39 is 17.9 Å². The van der Waals surface area contributed by atoms with E-state index >= 15 is 0 Å². The highest BCUT2D eigenvalue weighted by atomic mass is 16.5. The van der Waals surface area contributed by atoms with Gasteiger partial charge in [0, 0.05) is 17.9 Å². The summed E-state index contributed by atoms with van der Waals surface area (Å²) in [4.78, 5) is 24.9. The molecule has 6 heteroatoms. The Balaban J connectivity index is 1.78. The van der Waals surface area contributed by atoms with Gasteiger partial charge in [0.15, 0.2) is 5.76 Å². The van der Waals surface area contributed by atoms with Crippen LogP contribution in [0.4, 0.5) is 0 Å². The van der Waals surface area contributed by atoms with Crippen molar-refractivity contribution in [3.8, 4) is 0 Å². The van der Waals surface area contributed by atoms with E-state index in [1.807, 2.05) is 25.1 Å². The van der Waals surface area contributed by atoms with Crippen LogP contribution in [0.1, 0.15) is 35.9 Å². The number of amides is 1. The molecule has 25 heavy (non-hydrogen) atoms. The molecular weight excluding hydrogens is 322 g/mol. The molecular formula is C19H23NO5. The zero-order chi connectivity index (χ0) is 17.8. The molecule has 1 aromatic heterocycles. The standard InChI is InChI=1S/C19H23NO5/c1-3-24-19(22)17(13-5-4-8-23-11-13)20-18(21)16-10-14-9-12(2)6-7-15(14)25-16/h6-7,9-10,13,17H,3-5,8,11H2,1-2H3,(H,20,21)/t13-,17-/m1/s1. The number of ether oxygens (including phenoxy) is 2. The van der Waals surface area contributed by atoms with Gasteiger partial charge in [0.25, 0.3) is 5.91 Å². The van der Waals surface area contributed by atoms with E-state index in [4.69, 9.17) is 13.9 Å². The second-order valence-electron chi connectivity index (χ2n) is 6.33. The molecule has 1 aliphatic rings. The molecule has 0 spiro atoms. The molecule has 1 amide bonds. The summed E-state index contributed by atoms with van der Waals surface area (Å²) in [5, 5.41) is 3.64. The molecule has 3 rings (SSSR count). The summed E-state index contributed by atoms with van der Waals surface area (Å²) >= 11 is 0. The average molecular weight is 345 g/mol. The lowest BCUT2D eigenvalue weighted by Crippen LogP contribution is -2.49. The van der Waals surface area contributed by atoms with Gasteiger partial charge in [-0.3, -0.25) is 4.79 Å². The lowest BCUT2D eigenvalue weighted by atomic mass is 9.93. The topological polar surface area (TPSA) is 77.8 Å². The van der Waals surface area contributed by atoms with Crippen molar-refractivity contribution < 1.29 is 23.5 Å². The Morgan fingerprint density at radius 1 is 1.36 bits per heavy atom. The number of fused-ring (bicyclic) bond motifs is 1. The van der Waals surface area contributed by atoms with Crippen LogP contribution in [0.15, 0.2) is 28.7 Å². The first-order chi connectivity index (χ1) is 12.1. The highest BCUT2D eigenvalue weighted by Gasteiger charge is 2.33. The van der Waals surface area contributed by atoms with Gasteiger partial charge < -0.3 is 19.2 Å². The fourth-order valence-corrected chi connectivity index (χ4v) is 3.12. The molecule has 2 aromatic rings. The maximum Gasteiger partial charge on any atom is 0.329 e. The first-order valence-corrected chi connectivity index (χ1v) is 8.64. The van der Waals surface area contributed by atoms with Crippen molar-refractivity contribution in [2.45, 2.75) is 32.7 Å². The van der Waals surface area contributed by atoms with Gasteiger partial charge in [-0.1, -0.05) is 11.6 Å². The Kier molecular flexibility index (Phi) is 5.38. The van der Waals surface area contributed by atoms with Crippen molar-refractivity contribution in [2.24, 2.45) is 5.92 Å². The third kappa shape index (κ3) is 4.02. The van der Waals surface area contributed by atoms with Gasteiger partial charge in [-0.25, -0.2) is 4.79 Å². The molecule has 0 bridgehead atoms. The predicted octanol–water partition coefficient (Wildman–Crippen LogP) is 2.83. The fourth-order valence-electron chi connectivity index (χ4n) is 3.12. The number of carbonyl (C=O) groups excluding carboxylic acids is 2. The molecule has 1 fully saturated rings. The second-order valence-corrected chi connectivity index (χ2v) is 6.33. The van der Waals surface area contributed by atoms with Gasteiger partial charge in [-0.15, -0.1) is 0 Å². The Labute approximate surface area is 146 Å². The summed E-state index contributed by atoms with van der Waals surface area (Å²) in [7, 11) is 0. The maximum atomic E-state index is 12.6. The molecule has 6 nitrogen and oxygen atoms in total. The third-order valence-electron chi connectivity index (χ3n) is 4.39. The highest BCUT2D eigenvalue weighted by molar-refractivity contribution is 5.98. The predicted molar refractivity (Wildman–Crippen MR) is 92.4 cm³/mol. The van der Waals surface area contributed by atoms with Crippen LogP contribution in [-0.2, 0) is 14.3 Å². The SMILES string of the molecule is CCOC(=O)[C@H](NC(=O)c1cc2cc(C)ccc2o1)[C@@H]1CCCOC1. The Morgan fingerprint density at radius 2 is 2.20 bits per heavy atom. The van der Waals surface area contributed by atoms with E-state index in [9.17, 15) is 9.59 Å². The van der Waals surface area contributed by atoms with Gasteiger partial charge in [-0.2, -0.15) is 0 Å². The Morgan fingerprint density at radius 3 is 2.92 bits per heavy atom. The summed E-state index contributed by atoms with van der Waals surface area (Å²) < 4.78 is 16.2. The molecule has 134 valence electrons. The van der Waals surface area contributed by atoms with Crippen molar-refractivity contribution >= 4 is 22.8 Å². The zero-order valence-electron chi connectivity index (χ0n) is 14.5. The number of carbonyl (C=O) groups is 2. The smallest absolute Gasteiger partial charge is 0.329 e. The summed E-state index contributed by atoms with van der Waals surface area (Å²) in [5.74, 6) is -0.759. The van der Waals surface area contributed by atoms with E-state index in [0.717, 1.165) is 23.8 Å². The largest absolute Gasteiger partial charge is 0.464 e. The molecule has 1 saturated heterocycles. The molecule has 1 aromatic carbocycles. The van der Waals surface area contributed by atoms with Gasteiger partial charge in [-0.05, 0) is 44.9 Å². The number of hydrogen-bond donors (Lipinski definition) is 1. The van der Waals surface area contributed by atoms with E-state index in [1.165, 1.54) is 0 Å². The van der Waals surface area contributed by atoms with E-state index in [-0.39, 0.29) is 18.3 Å². The van der Waals surface area contributed by atoms with Crippen LogP contribution >= 0.6 is 0 Å². The minimum Gasteiger partial charge on any atom is -0.464 e. The van der Waals surface area contributed by atoms with Crippen LogP contribution < -0.4 is 5.32 Å². The normalized spacial score (nSPS) is 18.7. The van der Waals surface area contributed by atoms with Crippen molar-refractivity contribution in [3.05, 3.63) is 35.6 Å². The molecule has 0 radical (unpaired) electrons. The van der Waals surface area contributed by atoms with Crippen LogP contribution in [0.5, 0.6) is 0 Å². The van der Waals surface area contributed by atoms with E-state index in [1.54, 1.807) is 13.0 Å². The lowest BCUT2D eigenvalue weighted by molar-refractivity contribution is -0.148. The Bertz CT molecular complexity index is 760. The number of rotatable bonds is 5. The van der Waals surface area contributed by atoms with Gasteiger partial charge >= 0.3 is 5.97 Å². The summed E-state index contributed by atoms with van der Waals surface area (Å²) in [6, 6.07) is 6.67. The molecule has 0 aliphatic carbocycles. The minimum atomic E-state index is -0.734. The fraction of sp³-hybridized carbons (Fsp3) is 0.474. The number of nitrogens with one attached hydrogen (secondary N) is 1. The number of aryl methyl sites for hydroxylation is 1. The van der Waals surface area contributed by atoms with Crippen LogP contribution in [0.2, 0.25) is 0 Å². The summed E-state index contributed by atoms with van der Waals surface area (Å²) in [5.41, 5.74) is 1.73. The van der Waals surface area contributed by atoms with Crippen LogP contribution in [0, 0.1) is 12.8 Å². The molecule has 0 unspecified atom stereocenters. The third-order valence-corrected chi connectivity index (χ3v) is 4.39. The van der Waals surface area contributed by atoms with E-state index in [2.05, 4.69) is 5.32 Å². The molecule has 1 aliphatic heterocycles. The van der Waals surface area contributed by atoms with Crippen LogP contribution in [0.3, 0.4) is 0 Å². The Hall–Kier alpha value is -2.34. The first kappa shape index (κ1) is 17.5. The summed E-state index contributed by atoms with van der Waals surface area (Å²) in [6.07, 6.45) is 1.67. The zero-order valence-corrected chi connectivity index (χ0v) is 14.5. The van der Waals surface area contributed by atoms with Gasteiger partial charge in [0.2, 0.25) is 0 Å². The lowest BCUT2D eigenvalue weighted by Gasteiger charge is -2.29. The number of benzene rings is 1. The molecule has 2 atom stereocenters. The second kappa shape index (κ2) is 7.70. The number of hydrogen-bond acceptors (Lipinski definition) is 5. The highest BCUT2D eigenvalue weighted by Crippen LogP contribution is 2.22. The maximum absolute atomic E-state index is 12.6. The van der Waals surface area contributed by atoms with Crippen LogP contribution in [0.25, 0.3) is 11.0 Å². The average Bonchev–Trinajstić information content (AvgIpc) is 3.03. The molecule has 0 saturated carbocycles. The van der Waals surface area contributed by atoms with Gasteiger partial charge in [0.05, 0.1) is 13.2 Å². The van der Waals surface area contributed by atoms with Crippen molar-refractivity contribution in [1.82, 2.24) is 5.32 Å². The molecule has 1 N–H and O–H groups in total.